The fourth-order valence-corrected chi connectivity index (χ4v) is 5.07. The number of rotatable bonds is 14. The Balaban J connectivity index is 4.31. The molecule has 0 aliphatic rings. The summed E-state index contributed by atoms with van der Waals surface area (Å²) < 4.78 is 0. The van der Waals surface area contributed by atoms with Crippen LogP contribution in [0.15, 0.2) is 0 Å². The van der Waals surface area contributed by atoms with E-state index in [0.29, 0.717) is 16.2 Å². The van der Waals surface area contributed by atoms with Crippen molar-refractivity contribution in [2.75, 3.05) is 0 Å². The zero-order valence-corrected chi connectivity index (χ0v) is 21.3. The summed E-state index contributed by atoms with van der Waals surface area (Å²) in [7, 11) is 0. The van der Waals surface area contributed by atoms with Crippen molar-refractivity contribution >= 4 is 0 Å². The minimum absolute atomic E-state index is 0.443. The standard InChI is InChI=1S/C27H56/c1-12-27(11,21-25(6,7)8)19-17-24(5)20-26(9,10)18-16-23(4)15-13-14-22(2)3/h22-24H,12-21H2,1-11H3. The molecule has 0 rings (SSSR count). The lowest BCUT2D eigenvalue weighted by Crippen LogP contribution is -2.25. The van der Waals surface area contributed by atoms with Crippen LogP contribution in [0.3, 0.4) is 0 Å². The number of hydrogen-bond acceptors (Lipinski definition) is 0. The van der Waals surface area contributed by atoms with Crippen LogP contribution in [0.4, 0.5) is 0 Å². The molecule has 0 spiro atoms. The molecule has 0 radical (unpaired) electrons. The smallest absolute Gasteiger partial charge is 0.0323 e. The second-order valence-electron chi connectivity index (χ2n) is 12.9. The van der Waals surface area contributed by atoms with Gasteiger partial charge in [0.15, 0.2) is 0 Å². The second kappa shape index (κ2) is 11.9. The molecule has 0 amide bonds. The minimum atomic E-state index is 0.443. The first-order chi connectivity index (χ1) is 12.2. The van der Waals surface area contributed by atoms with E-state index in [1.165, 1.54) is 64.2 Å². The average molecular weight is 381 g/mol. The van der Waals surface area contributed by atoms with Gasteiger partial charge in [0.25, 0.3) is 0 Å². The Morgan fingerprint density at radius 3 is 1.70 bits per heavy atom. The fraction of sp³-hybridized carbons (Fsp3) is 1.00. The molecule has 0 heterocycles. The molecule has 0 saturated heterocycles. The topological polar surface area (TPSA) is 0 Å². The van der Waals surface area contributed by atoms with E-state index < -0.39 is 0 Å². The molecule has 0 aromatic carbocycles. The monoisotopic (exact) mass is 380 g/mol. The molecular formula is C27H56. The van der Waals surface area contributed by atoms with Crippen LogP contribution in [0.2, 0.25) is 0 Å². The van der Waals surface area contributed by atoms with Crippen molar-refractivity contribution in [3.8, 4) is 0 Å². The van der Waals surface area contributed by atoms with E-state index in [1.807, 2.05) is 0 Å². The van der Waals surface area contributed by atoms with Gasteiger partial charge in [0.2, 0.25) is 0 Å². The van der Waals surface area contributed by atoms with Crippen molar-refractivity contribution in [2.24, 2.45) is 34.0 Å². The molecule has 27 heavy (non-hydrogen) atoms. The van der Waals surface area contributed by atoms with Crippen LogP contribution < -0.4 is 0 Å². The predicted octanol–water partition coefficient (Wildman–Crippen LogP) is 9.91. The van der Waals surface area contributed by atoms with Gasteiger partial charge >= 0.3 is 0 Å². The summed E-state index contributed by atoms with van der Waals surface area (Å²) in [5.74, 6) is 2.61. The lowest BCUT2D eigenvalue weighted by molar-refractivity contribution is 0.148. The Bertz CT molecular complexity index is 370. The van der Waals surface area contributed by atoms with Crippen LogP contribution in [0.25, 0.3) is 0 Å². The third-order valence-corrected chi connectivity index (χ3v) is 6.74. The summed E-state index contributed by atoms with van der Waals surface area (Å²) in [6.07, 6.45) is 13.9. The SMILES string of the molecule is CCC(C)(CCC(C)CC(C)(C)CCC(C)CCCC(C)C)CC(C)(C)C. The zero-order valence-electron chi connectivity index (χ0n) is 21.3. The van der Waals surface area contributed by atoms with Crippen molar-refractivity contribution in [1.82, 2.24) is 0 Å². The van der Waals surface area contributed by atoms with Gasteiger partial charge in [-0.15, -0.1) is 0 Å². The third-order valence-electron chi connectivity index (χ3n) is 6.74. The molecule has 0 N–H and O–H groups in total. The van der Waals surface area contributed by atoms with Gasteiger partial charge in [-0.25, -0.2) is 0 Å². The Morgan fingerprint density at radius 2 is 1.22 bits per heavy atom. The van der Waals surface area contributed by atoms with Crippen LogP contribution in [-0.4, -0.2) is 0 Å². The maximum absolute atomic E-state index is 2.52. The van der Waals surface area contributed by atoms with Gasteiger partial charge in [-0.05, 0) is 59.7 Å². The lowest BCUT2D eigenvalue weighted by Gasteiger charge is -2.37. The summed E-state index contributed by atoms with van der Waals surface area (Å²) in [6.45, 7) is 26.8. The van der Waals surface area contributed by atoms with Gasteiger partial charge in [0.05, 0.1) is 0 Å². The van der Waals surface area contributed by atoms with Crippen LogP contribution in [0.5, 0.6) is 0 Å². The van der Waals surface area contributed by atoms with Gasteiger partial charge in [0.1, 0.15) is 0 Å². The molecule has 0 aliphatic carbocycles. The number of hydrogen-bond donors (Lipinski definition) is 0. The van der Waals surface area contributed by atoms with E-state index in [1.54, 1.807) is 0 Å². The fourth-order valence-electron chi connectivity index (χ4n) is 5.07. The molecule has 0 fully saturated rings. The first kappa shape index (κ1) is 27.0. The molecular weight excluding hydrogens is 324 g/mol. The molecule has 0 bridgehead atoms. The Labute approximate surface area is 174 Å². The molecule has 0 aromatic rings. The van der Waals surface area contributed by atoms with Gasteiger partial charge in [0, 0.05) is 0 Å². The summed E-state index contributed by atoms with van der Waals surface area (Å²) in [5.41, 5.74) is 1.46. The summed E-state index contributed by atoms with van der Waals surface area (Å²) in [6, 6.07) is 0. The zero-order chi connectivity index (χ0) is 21.3. The highest BCUT2D eigenvalue weighted by Gasteiger charge is 2.29. The largest absolute Gasteiger partial charge is 0.0649 e. The van der Waals surface area contributed by atoms with Gasteiger partial charge in [-0.2, -0.15) is 0 Å². The van der Waals surface area contributed by atoms with Crippen molar-refractivity contribution in [2.45, 2.75) is 140 Å². The van der Waals surface area contributed by atoms with Crippen LogP contribution in [0, 0.1) is 34.0 Å². The second-order valence-corrected chi connectivity index (χ2v) is 12.9. The van der Waals surface area contributed by atoms with E-state index in [4.69, 9.17) is 0 Å². The van der Waals surface area contributed by atoms with Crippen LogP contribution in [-0.2, 0) is 0 Å². The summed E-state index contributed by atoms with van der Waals surface area (Å²) in [5, 5.41) is 0. The molecule has 0 saturated carbocycles. The highest BCUT2D eigenvalue weighted by Crippen LogP contribution is 2.42. The molecule has 0 aliphatic heterocycles. The Kier molecular flexibility index (Phi) is 11.9. The van der Waals surface area contributed by atoms with Crippen molar-refractivity contribution in [3.05, 3.63) is 0 Å². The minimum Gasteiger partial charge on any atom is -0.0649 e. The molecule has 0 aromatic heterocycles. The van der Waals surface area contributed by atoms with Crippen LogP contribution >= 0.6 is 0 Å². The first-order valence-electron chi connectivity index (χ1n) is 12.2. The van der Waals surface area contributed by atoms with Crippen molar-refractivity contribution in [1.29, 1.82) is 0 Å². The summed E-state index contributed by atoms with van der Waals surface area (Å²) in [4.78, 5) is 0. The molecule has 0 nitrogen and oxygen atoms in total. The maximum atomic E-state index is 2.52. The normalized spacial score (nSPS) is 17.8. The molecule has 3 unspecified atom stereocenters. The van der Waals surface area contributed by atoms with Crippen molar-refractivity contribution < 1.29 is 0 Å². The summed E-state index contributed by atoms with van der Waals surface area (Å²) >= 11 is 0. The Morgan fingerprint density at radius 1 is 0.667 bits per heavy atom. The maximum Gasteiger partial charge on any atom is -0.0323 e. The molecule has 0 heteroatoms. The average Bonchev–Trinajstić information content (AvgIpc) is 2.49. The highest BCUT2D eigenvalue weighted by molar-refractivity contribution is 4.81. The van der Waals surface area contributed by atoms with Gasteiger partial charge in [-0.1, -0.05) is 115 Å². The van der Waals surface area contributed by atoms with E-state index in [2.05, 4.69) is 76.2 Å². The van der Waals surface area contributed by atoms with E-state index in [9.17, 15) is 0 Å². The van der Waals surface area contributed by atoms with Crippen molar-refractivity contribution in [3.63, 3.8) is 0 Å². The Hall–Kier alpha value is 0. The van der Waals surface area contributed by atoms with E-state index >= 15 is 0 Å². The quantitative estimate of drug-likeness (QED) is 0.281. The van der Waals surface area contributed by atoms with Crippen LogP contribution in [0.1, 0.15) is 140 Å². The molecule has 3 atom stereocenters. The van der Waals surface area contributed by atoms with Gasteiger partial charge < -0.3 is 0 Å². The molecule has 164 valence electrons. The lowest BCUT2D eigenvalue weighted by atomic mass is 9.69. The van der Waals surface area contributed by atoms with E-state index in [-0.39, 0.29) is 0 Å². The predicted molar refractivity (Wildman–Crippen MR) is 126 cm³/mol. The highest BCUT2D eigenvalue weighted by atomic mass is 14.3. The third kappa shape index (κ3) is 14.6. The van der Waals surface area contributed by atoms with Gasteiger partial charge in [-0.3, -0.25) is 0 Å². The first-order valence-corrected chi connectivity index (χ1v) is 12.2. The van der Waals surface area contributed by atoms with E-state index in [0.717, 1.165) is 17.8 Å².